The Hall–Kier alpha value is -0.360. The molecule has 6 heteroatoms. The Morgan fingerprint density at radius 1 is 1.50 bits per heavy atom. The van der Waals surface area contributed by atoms with Crippen LogP contribution in [0, 0.1) is 5.92 Å². The van der Waals surface area contributed by atoms with Crippen LogP contribution in [0.5, 0.6) is 0 Å². The molecule has 1 amide bonds. The Balaban J connectivity index is 0.00000200. The van der Waals surface area contributed by atoms with Gasteiger partial charge in [-0.1, -0.05) is 20.3 Å². The van der Waals surface area contributed by atoms with Crippen LogP contribution in [-0.2, 0) is 9.53 Å². The summed E-state index contributed by atoms with van der Waals surface area (Å²) in [7, 11) is 0. The lowest BCUT2D eigenvalue weighted by atomic mass is 9.99. The van der Waals surface area contributed by atoms with Crippen molar-refractivity contribution in [1.29, 1.82) is 0 Å². The molecular formula is C14H28ClN3O2. The average Bonchev–Trinajstić information content (AvgIpc) is 3.28. The molecule has 0 bridgehead atoms. The van der Waals surface area contributed by atoms with Gasteiger partial charge in [0.25, 0.3) is 0 Å². The van der Waals surface area contributed by atoms with E-state index in [1.807, 2.05) is 6.92 Å². The van der Waals surface area contributed by atoms with E-state index in [4.69, 9.17) is 10.5 Å². The van der Waals surface area contributed by atoms with Crippen LogP contribution in [0.3, 0.4) is 0 Å². The molecule has 1 aliphatic heterocycles. The molecule has 3 N–H and O–H groups in total. The second-order valence-corrected chi connectivity index (χ2v) is 5.88. The van der Waals surface area contributed by atoms with Gasteiger partial charge in [-0.25, -0.2) is 0 Å². The van der Waals surface area contributed by atoms with Crippen molar-refractivity contribution in [2.75, 3.05) is 26.2 Å². The molecule has 118 valence electrons. The van der Waals surface area contributed by atoms with Gasteiger partial charge in [0.05, 0.1) is 18.8 Å². The van der Waals surface area contributed by atoms with Crippen molar-refractivity contribution >= 4 is 18.3 Å². The molecule has 2 rings (SSSR count). The van der Waals surface area contributed by atoms with Crippen molar-refractivity contribution in [3.63, 3.8) is 0 Å². The van der Waals surface area contributed by atoms with Crippen LogP contribution in [0.25, 0.3) is 0 Å². The van der Waals surface area contributed by atoms with Crippen LogP contribution in [0.1, 0.15) is 33.1 Å². The summed E-state index contributed by atoms with van der Waals surface area (Å²) in [5.41, 5.74) is 5.91. The zero-order chi connectivity index (χ0) is 13.8. The highest BCUT2D eigenvalue weighted by atomic mass is 35.5. The maximum atomic E-state index is 11.9. The minimum Gasteiger partial charge on any atom is -0.374 e. The Bertz CT molecular complexity index is 313. The summed E-state index contributed by atoms with van der Waals surface area (Å²) < 4.78 is 5.71. The van der Waals surface area contributed by atoms with Gasteiger partial charge in [0, 0.05) is 25.7 Å². The number of nitrogens with zero attached hydrogens (tertiary/aromatic N) is 1. The maximum Gasteiger partial charge on any atom is 0.237 e. The summed E-state index contributed by atoms with van der Waals surface area (Å²) in [6.07, 6.45) is 3.67. The van der Waals surface area contributed by atoms with E-state index in [9.17, 15) is 4.79 Å². The fourth-order valence-electron chi connectivity index (χ4n) is 2.48. The Morgan fingerprint density at radius 2 is 2.20 bits per heavy atom. The van der Waals surface area contributed by atoms with Crippen molar-refractivity contribution in [2.24, 2.45) is 11.7 Å². The lowest BCUT2D eigenvalue weighted by Gasteiger charge is -2.33. The maximum absolute atomic E-state index is 11.9. The first kappa shape index (κ1) is 17.7. The van der Waals surface area contributed by atoms with E-state index < -0.39 is 6.04 Å². The van der Waals surface area contributed by atoms with Crippen LogP contribution in [0.15, 0.2) is 0 Å². The molecule has 1 saturated carbocycles. The van der Waals surface area contributed by atoms with E-state index >= 15 is 0 Å². The molecule has 20 heavy (non-hydrogen) atoms. The number of halogens is 1. The number of amides is 1. The van der Waals surface area contributed by atoms with Crippen molar-refractivity contribution in [3.05, 3.63) is 0 Å². The van der Waals surface area contributed by atoms with Crippen LogP contribution in [-0.4, -0.2) is 55.2 Å². The average molecular weight is 306 g/mol. The Morgan fingerprint density at radius 3 is 2.80 bits per heavy atom. The number of morpholine rings is 1. The molecule has 1 aliphatic carbocycles. The molecule has 0 aromatic heterocycles. The number of carbonyl (C=O) groups excluding carboxylic acids is 1. The van der Waals surface area contributed by atoms with Gasteiger partial charge in [-0.3, -0.25) is 9.69 Å². The molecule has 0 radical (unpaired) electrons. The van der Waals surface area contributed by atoms with Crippen LogP contribution < -0.4 is 11.1 Å². The summed E-state index contributed by atoms with van der Waals surface area (Å²) in [5, 5.41) is 2.93. The van der Waals surface area contributed by atoms with E-state index in [1.165, 1.54) is 12.8 Å². The third-order valence-corrected chi connectivity index (χ3v) is 4.30. The second-order valence-electron chi connectivity index (χ2n) is 5.88. The van der Waals surface area contributed by atoms with E-state index in [0.717, 1.165) is 32.2 Å². The molecule has 0 aromatic rings. The second kappa shape index (κ2) is 8.17. The normalized spacial score (nSPS) is 26.4. The standard InChI is InChI=1S/C14H27N3O2.ClH/c1-3-10(2)13(15)14(18)16-8-12-9-17(6-7-19-12)11-4-5-11;/h10-13H,3-9,15H2,1-2H3,(H,16,18);1H. The van der Waals surface area contributed by atoms with Gasteiger partial charge in [-0.2, -0.15) is 0 Å². The number of nitrogens with two attached hydrogens (primary N) is 1. The van der Waals surface area contributed by atoms with Gasteiger partial charge >= 0.3 is 0 Å². The topological polar surface area (TPSA) is 67.6 Å². The van der Waals surface area contributed by atoms with Gasteiger partial charge < -0.3 is 15.8 Å². The molecule has 1 heterocycles. The fraction of sp³-hybridized carbons (Fsp3) is 0.929. The van der Waals surface area contributed by atoms with Gasteiger partial charge in [0.2, 0.25) is 5.91 Å². The van der Waals surface area contributed by atoms with Gasteiger partial charge in [0.1, 0.15) is 0 Å². The molecule has 3 atom stereocenters. The van der Waals surface area contributed by atoms with Gasteiger partial charge in [-0.15, -0.1) is 12.4 Å². The number of hydrogen-bond donors (Lipinski definition) is 2. The van der Waals surface area contributed by atoms with Crippen molar-refractivity contribution < 1.29 is 9.53 Å². The lowest BCUT2D eigenvalue weighted by molar-refractivity contribution is -0.124. The lowest BCUT2D eigenvalue weighted by Crippen LogP contribution is -2.51. The number of ether oxygens (including phenoxy) is 1. The summed E-state index contributed by atoms with van der Waals surface area (Å²) in [4.78, 5) is 14.4. The molecule has 0 aromatic carbocycles. The minimum absolute atomic E-state index is 0. The van der Waals surface area contributed by atoms with Crippen LogP contribution in [0.2, 0.25) is 0 Å². The van der Waals surface area contributed by atoms with E-state index in [2.05, 4.69) is 17.1 Å². The summed E-state index contributed by atoms with van der Waals surface area (Å²) in [6.45, 7) is 7.37. The SMILES string of the molecule is CCC(C)C(N)C(=O)NCC1CN(C2CC2)CCO1.Cl. The predicted octanol–water partition coefficient (Wildman–Crippen LogP) is 0.761. The highest BCUT2D eigenvalue weighted by Gasteiger charge is 2.33. The number of hydrogen-bond acceptors (Lipinski definition) is 4. The highest BCUT2D eigenvalue weighted by molar-refractivity contribution is 5.85. The summed E-state index contributed by atoms with van der Waals surface area (Å²) >= 11 is 0. The summed E-state index contributed by atoms with van der Waals surface area (Å²) in [6, 6.07) is 0.359. The third kappa shape index (κ3) is 4.88. The molecule has 3 unspecified atom stereocenters. The van der Waals surface area contributed by atoms with Crippen molar-refractivity contribution in [1.82, 2.24) is 10.2 Å². The van der Waals surface area contributed by atoms with E-state index in [-0.39, 0.29) is 30.3 Å². The van der Waals surface area contributed by atoms with Gasteiger partial charge in [0.15, 0.2) is 0 Å². The quantitative estimate of drug-likeness (QED) is 0.760. The largest absolute Gasteiger partial charge is 0.374 e. The molecule has 0 spiro atoms. The Kier molecular flexibility index (Phi) is 7.23. The third-order valence-electron chi connectivity index (χ3n) is 4.30. The predicted molar refractivity (Wildman–Crippen MR) is 82.0 cm³/mol. The first-order valence-electron chi connectivity index (χ1n) is 7.50. The van der Waals surface area contributed by atoms with Crippen LogP contribution >= 0.6 is 12.4 Å². The molecular weight excluding hydrogens is 278 g/mol. The van der Waals surface area contributed by atoms with Crippen molar-refractivity contribution in [3.8, 4) is 0 Å². The van der Waals surface area contributed by atoms with Crippen LogP contribution in [0.4, 0.5) is 0 Å². The van der Waals surface area contributed by atoms with Crippen molar-refractivity contribution in [2.45, 2.75) is 51.3 Å². The Labute approximate surface area is 128 Å². The monoisotopic (exact) mass is 305 g/mol. The number of rotatable bonds is 6. The molecule has 2 fully saturated rings. The minimum atomic E-state index is -0.409. The first-order chi connectivity index (χ1) is 9.11. The zero-order valence-corrected chi connectivity index (χ0v) is 13.3. The van der Waals surface area contributed by atoms with E-state index in [0.29, 0.717) is 6.54 Å². The smallest absolute Gasteiger partial charge is 0.237 e. The highest BCUT2D eigenvalue weighted by Crippen LogP contribution is 2.28. The number of nitrogens with one attached hydrogen (secondary N) is 1. The molecule has 1 saturated heterocycles. The first-order valence-corrected chi connectivity index (χ1v) is 7.50. The zero-order valence-electron chi connectivity index (χ0n) is 12.5. The fourth-order valence-corrected chi connectivity index (χ4v) is 2.48. The molecule has 2 aliphatic rings. The molecule has 5 nitrogen and oxygen atoms in total. The van der Waals surface area contributed by atoms with E-state index in [1.54, 1.807) is 0 Å². The van der Waals surface area contributed by atoms with Gasteiger partial charge in [-0.05, 0) is 18.8 Å². The summed E-state index contributed by atoms with van der Waals surface area (Å²) in [5.74, 6) is 0.164. The number of carbonyl (C=O) groups is 1.